The minimum absolute atomic E-state index is 0.00956. The lowest BCUT2D eigenvalue weighted by Crippen LogP contribution is -2.37. The highest BCUT2D eigenvalue weighted by Crippen LogP contribution is 2.39. The molecule has 5 nitrogen and oxygen atoms in total. The molecule has 1 rings (SSSR count). The van der Waals surface area contributed by atoms with E-state index in [0.29, 0.717) is 29.2 Å². The van der Waals surface area contributed by atoms with Crippen LogP contribution in [0, 0.1) is 35.5 Å². The molecule has 0 saturated heterocycles. The highest BCUT2D eigenvalue weighted by atomic mass is 16.5. The van der Waals surface area contributed by atoms with E-state index < -0.39 is 11.9 Å². The third-order valence-corrected chi connectivity index (χ3v) is 7.16. The summed E-state index contributed by atoms with van der Waals surface area (Å²) >= 11 is 0. The summed E-state index contributed by atoms with van der Waals surface area (Å²) in [6.07, 6.45) is 12.5. The minimum atomic E-state index is -0.669. The van der Waals surface area contributed by atoms with Gasteiger partial charge in [0.05, 0.1) is 20.1 Å². The fourth-order valence-electron chi connectivity index (χ4n) is 5.14. The van der Waals surface area contributed by atoms with E-state index in [1.165, 1.54) is 33.5 Å². The Kier molecular flexibility index (Phi) is 14.2. The third kappa shape index (κ3) is 10.7. The topological polar surface area (TPSA) is 69.7 Å². The molecule has 1 aliphatic rings. The van der Waals surface area contributed by atoms with Gasteiger partial charge >= 0.3 is 11.9 Å². The number of allylic oxidation sites excluding steroid dienone is 2. The number of carbonyl (C=O) groups is 3. The quantitative estimate of drug-likeness (QED) is 0.181. The summed E-state index contributed by atoms with van der Waals surface area (Å²) in [5.41, 5.74) is 0.476. The van der Waals surface area contributed by atoms with Crippen molar-refractivity contribution in [1.82, 2.24) is 0 Å². The molecule has 0 heterocycles. The Labute approximate surface area is 214 Å². The average molecular weight is 491 g/mol. The molecule has 0 saturated carbocycles. The molecule has 35 heavy (non-hydrogen) atoms. The molecular weight excluding hydrogens is 440 g/mol. The van der Waals surface area contributed by atoms with Gasteiger partial charge in [0.25, 0.3) is 0 Å². The van der Waals surface area contributed by atoms with Gasteiger partial charge in [-0.3, -0.25) is 9.59 Å². The second kappa shape index (κ2) is 16.0. The first-order valence-corrected chi connectivity index (χ1v) is 13.6. The number of ketones is 1. The van der Waals surface area contributed by atoms with Crippen LogP contribution in [0.15, 0.2) is 23.3 Å². The fraction of sp³-hybridized carbons (Fsp3) is 0.767. The highest BCUT2D eigenvalue weighted by Gasteiger charge is 2.42. The lowest BCUT2D eigenvalue weighted by Gasteiger charge is -2.33. The first-order valence-electron chi connectivity index (χ1n) is 13.6. The molecule has 0 N–H and O–H groups in total. The van der Waals surface area contributed by atoms with Gasteiger partial charge in [-0.05, 0) is 48.0 Å². The molecule has 0 aromatic heterocycles. The number of rotatable bonds is 15. The molecule has 1 aliphatic carbocycles. The van der Waals surface area contributed by atoms with Crippen LogP contribution in [0.25, 0.3) is 0 Å². The van der Waals surface area contributed by atoms with E-state index in [0.717, 1.165) is 32.1 Å². The van der Waals surface area contributed by atoms with Crippen molar-refractivity contribution in [2.75, 3.05) is 14.2 Å². The zero-order valence-electron chi connectivity index (χ0n) is 23.5. The van der Waals surface area contributed by atoms with Gasteiger partial charge in [-0.25, -0.2) is 4.79 Å². The summed E-state index contributed by atoms with van der Waals surface area (Å²) in [6.45, 7) is 13.3. The van der Waals surface area contributed by atoms with E-state index in [-0.39, 0.29) is 29.7 Å². The second-order valence-corrected chi connectivity index (χ2v) is 11.4. The Morgan fingerprint density at radius 2 is 1.46 bits per heavy atom. The van der Waals surface area contributed by atoms with Gasteiger partial charge in [0.15, 0.2) is 5.78 Å². The van der Waals surface area contributed by atoms with Crippen molar-refractivity contribution in [1.29, 1.82) is 0 Å². The number of Topliss-reactive ketones (excluding diaryl/α,β-unsaturated/α-hetero) is 1. The number of esters is 2. The smallest absolute Gasteiger partial charge is 0.341 e. The summed E-state index contributed by atoms with van der Waals surface area (Å²) in [7, 11) is 2.65. The summed E-state index contributed by atoms with van der Waals surface area (Å²) < 4.78 is 10.1. The van der Waals surface area contributed by atoms with Gasteiger partial charge in [0.1, 0.15) is 5.57 Å². The van der Waals surface area contributed by atoms with E-state index >= 15 is 0 Å². The normalized spacial score (nSPS) is 20.6. The van der Waals surface area contributed by atoms with Gasteiger partial charge in [0, 0.05) is 6.42 Å². The molecule has 0 aliphatic heterocycles. The Hall–Kier alpha value is -1.91. The summed E-state index contributed by atoms with van der Waals surface area (Å²) in [4.78, 5) is 38.7. The van der Waals surface area contributed by atoms with Gasteiger partial charge in [0.2, 0.25) is 0 Å². The first kappa shape index (κ1) is 31.1. The van der Waals surface area contributed by atoms with Crippen LogP contribution in [-0.2, 0) is 23.9 Å². The van der Waals surface area contributed by atoms with Crippen molar-refractivity contribution in [2.24, 2.45) is 35.5 Å². The van der Waals surface area contributed by atoms with E-state index in [9.17, 15) is 14.4 Å². The van der Waals surface area contributed by atoms with E-state index in [1.54, 1.807) is 0 Å². The van der Waals surface area contributed by atoms with Crippen LogP contribution in [0.3, 0.4) is 0 Å². The minimum Gasteiger partial charge on any atom is -0.469 e. The van der Waals surface area contributed by atoms with E-state index in [4.69, 9.17) is 9.47 Å². The maximum absolute atomic E-state index is 13.1. The van der Waals surface area contributed by atoms with Gasteiger partial charge in [-0.1, -0.05) is 92.2 Å². The Balaban J connectivity index is 3.15. The third-order valence-electron chi connectivity index (χ3n) is 7.16. The average Bonchev–Trinajstić information content (AvgIpc) is 2.77. The van der Waals surface area contributed by atoms with Crippen molar-refractivity contribution in [3.05, 3.63) is 23.3 Å². The van der Waals surface area contributed by atoms with Crippen LogP contribution in [-0.4, -0.2) is 31.9 Å². The molecule has 0 bridgehead atoms. The summed E-state index contributed by atoms with van der Waals surface area (Å²) in [5, 5.41) is 0. The Bertz CT molecular complexity index is 746. The van der Waals surface area contributed by atoms with Gasteiger partial charge < -0.3 is 9.47 Å². The largest absolute Gasteiger partial charge is 0.469 e. The molecular formula is C30H50O5. The number of hydrogen-bond acceptors (Lipinski definition) is 5. The van der Waals surface area contributed by atoms with Crippen molar-refractivity contribution in [3.8, 4) is 0 Å². The van der Waals surface area contributed by atoms with Crippen molar-refractivity contribution in [2.45, 2.75) is 99.3 Å². The van der Waals surface area contributed by atoms with Crippen LogP contribution in [0.2, 0.25) is 0 Å². The van der Waals surface area contributed by atoms with E-state index in [2.05, 4.69) is 41.5 Å². The van der Waals surface area contributed by atoms with E-state index in [1.807, 2.05) is 12.2 Å². The maximum atomic E-state index is 13.1. The zero-order valence-corrected chi connectivity index (χ0v) is 23.5. The van der Waals surface area contributed by atoms with Crippen molar-refractivity contribution in [3.63, 3.8) is 0 Å². The molecule has 0 amide bonds. The molecule has 0 fully saturated rings. The lowest BCUT2D eigenvalue weighted by molar-refractivity contribution is -0.146. The van der Waals surface area contributed by atoms with Crippen LogP contribution in [0.5, 0.6) is 0 Å². The van der Waals surface area contributed by atoms with Gasteiger partial charge in [-0.15, -0.1) is 0 Å². The molecule has 0 aromatic rings. The SMILES string of the molecule is COC(=O)C1=C(/C=C/CC(C)CCCC(C)C)[C@H](C(=O)OC)[C@@H](CC(C)CCCC(C)C)CC1=O. The summed E-state index contributed by atoms with van der Waals surface area (Å²) in [5.74, 6) is 0.123. The van der Waals surface area contributed by atoms with Crippen molar-refractivity contribution >= 4 is 17.7 Å². The van der Waals surface area contributed by atoms with Crippen molar-refractivity contribution < 1.29 is 23.9 Å². The predicted octanol–water partition coefficient (Wildman–Crippen LogP) is 7.10. The molecule has 0 spiro atoms. The van der Waals surface area contributed by atoms with Crippen LogP contribution in [0.1, 0.15) is 99.3 Å². The van der Waals surface area contributed by atoms with Gasteiger partial charge in [-0.2, -0.15) is 0 Å². The fourth-order valence-corrected chi connectivity index (χ4v) is 5.14. The lowest BCUT2D eigenvalue weighted by atomic mass is 9.70. The molecule has 0 aromatic carbocycles. The van der Waals surface area contributed by atoms with Crippen LogP contribution in [0.4, 0.5) is 0 Å². The van der Waals surface area contributed by atoms with Crippen LogP contribution < -0.4 is 0 Å². The first-order chi connectivity index (χ1) is 16.5. The van der Waals surface area contributed by atoms with Crippen LogP contribution >= 0.6 is 0 Å². The maximum Gasteiger partial charge on any atom is 0.341 e. The Morgan fingerprint density at radius 1 is 0.886 bits per heavy atom. The monoisotopic (exact) mass is 490 g/mol. The molecule has 5 heteroatoms. The Morgan fingerprint density at radius 3 is 1.97 bits per heavy atom. The standard InChI is InChI=1S/C30H50O5/c1-20(2)12-9-14-22(5)15-11-17-25-27(29(32)34-7)24(18-23(6)16-10-13-21(3)4)19-26(31)28(25)30(33)35-8/h11,17,20-24,27H,9-10,12-16,18-19H2,1-8H3/b17-11+/t22?,23?,24-,27+/m0/s1. The highest BCUT2D eigenvalue weighted by molar-refractivity contribution is 6.19. The number of methoxy groups -OCH3 is 2. The number of ether oxygens (including phenoxy) is 2. The molecule has 4 atom stereocenters. The summed E-state index contributed by atoms with van der Waals surface area (Å²) in [6, 6.07) is 0. The molecule has 200 valence electrons. The number of carbonyl (C=O) groups excluding carboxylic acids is 3. The zero-order chi connectivity index (χ0) is 26.5. The molecule has 0 radical (unpaired) electrons. The number of hydrogen-bond donors (Lipinski definition) is 0. The molecule has 2 unspecified atom stereocenters. The predicted molar refractivity (Wildman–Crippen MR) is 142 cm³/mol. The second-order valence-electron chi connectivity index (χ2n) is 11.4.